The van der Waals surface area contributed by atoms with Gasteiger partial charge in [0.15, 0.2) is 11.5 Å². The lowest BCUT2D eigenvalue weighted by Gasteiger charge is -2.15. The molecule has 0 saturated carbocycles. The van der Waals surface area contributed by atoms with Crippen LogP contribution in [0, 0.1) is 0 Å². The Morgan fingerprint density at radius 2 is 1.96 bits per heavy atom. The number of carbonyl (C=O) groups excluding carboxylic acids is 1. The summed E-state index contributed by atoms with van der Waals surface area (Å²) >= 11 is 0. The Hall–Kier alpha value is -2.75. The number of anilines is 1. The number of ether oxygens (including phenoxy) is 2. The van der Waals surface area contributed by atoms with E-state index in [1.54, 1.807) is 13.2 Å². The zero-order valence-corrected chi connectivity index (χ0v) is 14.9. The van der Waals surface area contributed by atoms with Crippen molar-refractivity contribution in [3.8, 4) is 11.5 Å². The van der Waals surface area contributed by atoms with E-state index >= 15 is 0 Å². The quantitative estimate of drug-likeness (QED) is 0.772. The number of methoxy groups -OCH3 is 1. The number of carbonyl (C=O) groups is 1. The van der Waals surface area contributed by atoms with E-state index in [4.69, 9.17) is 9.47 Å². The molecule has 0 N–H and O–H groups in total. The Bertz CT molecular complexity index is 795. The minimum Gasteiger partial charge on any atom is -0.493 e. The zero-order valence-electron chi connectivity index (χ0n) is 14.9. The van der Waals surface area contributed by atoms with Crippen LogP contribution in [-0.4, -0.2) is 25.7 Å². The molecule has 0 aliphatic carbocycles. The van der Waals surface area contributed by atoms with Gasteiger partial charge in [0.05, 0.1) is 13.2 Å². The van der Waals surface area contributed by atoms with Gasteiger partial charge in [-0.1, -0.05) is 24.3 Å². The van der Waals surface area contributed by atoms with Crippen LogP contribution in [-0.2, 0) is 11.2 Å². The summed E-state index contributed by atoms with van der Waals surface area (Å²) < 4.78 is 11.1. The molecule has 0 saturated heterocycles. The number of para-hydroxylation sites is 1. The van der Waals surface area contributed by atoms with E-state index in [1.807, 2.05) is 61.2 Å². The van der Waals surface area contributed by atoms with Gasteiger partial charge in [-0.3, -0.25) is 4.79 Å². The normalized spacial score (nSPS) is 13.4. The second kappa shape index (κ2) is 7.43. The maximum Gasteiger partial charge on any atom is 0.251 e. The molecule has 1 aliphatic rings. The lowest BCUT2D eigenvalue weighted by atomic mass is 10.1. The first-order valence-corrected chi connectivity index (χ1v) is 8.50. The lowest BCUT2D eigenvalue weighted by Crippen LogP contribution is -2.26. The van der Waals surface area contributed by atoms with Gasteiger partial charge in [-0.15, -0.1) is 0 Å². The smallest absolute Gasteiger partial charge is 0.251 e. The van der Waals surface area contributed by atoms with Crippen molar-refractivity contribution in [1.82, 2.24) is 0 Å². The molecule has 0 fully saturated rings. The number of amides is 1. The van der Waals surface area contributed by atoms with E-state index in [1.165, 1.54) is 5.56 Å². The second-order valence-corrected chi connectivity index (χ2v) is 6.28. The van der Waals surface area contributed by atoms with E-state index in [-0.39, 0.29) is 12.0 Å². The molecule has 0 bridgehead atoms. The van der Waals surface area contributed by atoms with Crippen molar-refractivity contribution < 1.29 is 14.3 Å². The van der Waals surface area contributed by atoms with Gasteiger partial charge in [-0.25, -0.2) is 0 Å². The molecule has 1 heterocycles. The van der Waals surface area contributed by atoms with Crippen LogP contribution in [0.4, 0.5) is 5.69 Å². The van der Waals surface area contributed by atoms with E-state index in [2.05, 4.69) is 6.07 Å². The highest BCUT2D eigenvalue weighted by Crippen LogP contribution is 2.30. The van der Waals surface area contributed by atoms with Crippen LogP contribution in [0.5, 0.6) is 11.5 Å². The number of fused-ring (bicyclic) bond motifs is 1. The summed E-state index contributed by atoms with van der Waals surface area (Å²) in [7, 11) is 1.61. The molecule has 4 heteroatoms. The topological polar surface area (TPSA) is 38.8 Å². The molecule has 2 aromatic carbocycles. The highest BCUT2D eigenvalue weighted by Gasteiger charge is 2.22. The summed E-state index contributed by atoms with van der Waals surface area (Å²) in [5.41, 5.74) is 3.13. The van der Waals surface area contributed by atoms with Crippen LogP contribution >= 0.6 is 0 Å². The number of nitrogens with zero attached hydrogens (tertiary/aromatic N) is 1. The van der Waals surface area contributed by atoms with Crippen LogP contribution in [0.25, 0.3) is 6.08 Å². The second-order valence-electron chi connectivity index (χ2n) is 6.28. The van der Waals surface area contributed by atoms with Crippen LogP contribution in [0.2, 0.25) is 0 Å². The Morgan fingerprint density at radius 3 is 2.72 bits per heavy atom. The standard InChI is InChI=1S/C21H23NO3/c1-15(2)25-19-10-8-16(14-20(19)24-3)9-11-21(23)22-13-12-17-6-4-5-7-18(17)22/h4-11,14-15H,12-13H2,1-3H3/b11-9+. The van der Waals surface area contributed by atoms with Crippen LogP contribution in [0.1, 0.15) is 25.0 Å². The Morgan fingerprint density at radius 1 is 1.16 bits per heavy atom. The zero-order chi connectivity index (χ0) is 17.8. The fraction of sp³-hybridized carbons (Fsp3) is 0.286. The van der Waals surface area contributed by atoms with Crippen molar-refractivity contribution in [3.63, 3.8) is 0 Å². The molecular formula is C21H23NO3. The number of benzene rings is 2. The fourth-order valence-electron chi connectivity index (χ4n) is 2.96. The van der Waals surface area contributed by atoms with Crippen LogP contribution < -0.4 is 14.4 Å². The first-order valence-electron chi connectivity index (χ1n) is 8.50. The predicted molar refractivity (Wildman–Crippen MR) is 100 cm³/mol. The summed E-state index contributed by atoms with van der Waals surface area (Å²) in [5, 5.41) is 0. The minimum atomic E-state index is -0.00794. The maximum absolute atomic E-state index is 12.5. The minimum absolute atomic E-state index is 0.00794. The molecular weight excluding hydrogens is 314 g/mol. The SMILES string of the molecule is COc1cc(/C=C/C(=O)N2CCc3ccccc32)ccc1OC(C)C. The van der Waals surface area contributed by atoms with Gasteiger partial charge in [0.2, 0.25) is 0 Å². The third-order valence-electron chi connectivity index (χ3n) is 4.12. The molecule has 130 valence electrons. The number of hydrogen-bond donors (Lipinski definition) is 0. The van der Waals surface area contributed by atoms with Gasteiger partial charge in [0.25, 0.3) is 5.91 Å². The number of hydrogen-bond acceptors (Lipinski definition) is 3. The van der Waals surface area contributed by atoms with E-state index < -0.39 is 0 Å². The molecule has 0 radical (unpaired) electrons. The monoisotopic (exact) mass is 337 g/mol. The van der Waals surface area contributed by atoms with Crippen molar-refractivity contribution in [3.05, 3.63) is 59.7 Å². The first kappa shape index (κ1) is 17.1. The van der Waals surface area contributed by atoms with E-state index in [9.17, 15) is 4.79 Å². The third kappa shape index (κ3) is 3.85. The average molecular weight is 337 g/mol. The van der Waals surface area contributed by atoms with Crippen molar-refractivity contribution in [2.45, 2.75) is 26.4 Å². The molecule has 0 unspecified atom stereocenters. The van der Waals surface area contributed by atoms with Gasteiger partial charge in [-0.05, 0) is 55.7 Å². The summed E-state index contributed by atoms with van der Waals surface area (Å²) in [5.74, 6) is 1.36. The molecule has 0 spiro atoms. The molecule has 3 rings (SSSR count). The van der Waals surface area contributed by atoms with Crippen molar-refractivity contribution >= 4 is 17.7 Å². The lowest BCUT2D eigenvalue weighted by molar-refractivity contribution is -0.114. The molecule has 2 aromatic rings. The predicted octanol–water partition coefficient (Wildman–Crippen LogP) is 4.08. The van der Waals surface area contributed by atoms with Crippen LogP contribution in [0.15, 0.2) is 48.5 Å². The summed E-state index contributed by atoms with van der Waals surface area (Å²) in [4.78, 5) is 14.4. The Kier molecular flexibility index (Phi) is 5.08. The van der Waals surface area contributed by atoms with Gasteiger partial charge in [0.1, 0.15) is 0 Å². The molecule has 1 amide bonds. The fourth-order valence-corrected chi connectivity index (χ4v) is 2.96. The highest BCUT2D eigenvalue weighted by atomic mass is 16.5. The van der Waals surface area contributed by atoms with Crippen molar-refractivity contribution in [2.24, 2.45) is 0 Å². The summed E-state index contributed by atoms with van der Waals surface area (Å²) in [6.07, 6.45) is 4.40. The average Bonchev–Trinajstić information content (AvgIpc) is 3.04. The Balaban J connectivity index is 1.75. The summed E-state index contributed by atoms with van der Waals surface area (Å²) in [6, 6.07) is 13.7. The molecule has 25 heavy (non-hydrogen) atoms. The van der Waals surface area contributed by atoms with Gasteiger partial charge in [-0.2, -0.15) is 0 Å². The van der Waals surface area contributed by atoms with Gasteiger partial charge < -0.3 is 14.4 Å². The van der Waals surface area contributed by atoms with Gasteiger partial charge >= 0.3 is 0 Å². The highest BCUT2D eigenvalue weighted by molar-refractivity contribution is 6.05. The van der Waals surface area contributed by atoms with Crippen molar-refractivity contribution in [2.75, 3.05) is 18.6 Å². The van der Waals surface area contributed by atoms with Crippen LogP contribution in [0.3, 0.4) is 0 Å². The number of rotatable bonds is 5. The maximum atomic E-state index is 12.5. The molecule has 4 nitrogen and oxygen atoms in total. The molecule has 0 atom stereocenters. The third-order valence-corrected chi connectivity index (χ3v) is 4.12. The van der Waals surface area contributed by atoms with E-state index in [0.717, 1.165) is 24.2 Å². The molecule has 1 aliphatic heterocycles. The largest absolute Gasteiger partial charge is 0.493 e. The van der Waals surface area contributed by atoms with Crippen molar-refractivity contribution in [1.29, 1.82) is 0 Å². The van der Waals surface area contributed by atoms with Gasteiger partial charge in [0, 0.05) is 18.3 Å². The Labute approximate surface area is 148 Å². The molecule has 0 aromatic heterocycles. The summed E-state index contributed by atoms with van der Waals surface area (Å²) in [6.45, 7) is 4.67. The van der Waals surface area contributed by atoms with E-state index in [0.29, 0.717) is 11.5 Å². The first-order chi connectivity index (χ1) is 12.1.